The fraction of sp³-hybridized carbons (Fsp3) is 0.889. The first-order valence-corrected chi connectivity index (χ1v) is 4.07. The van der Waals surface area contributed by atoms with E-state index in [1.165, 1.54) is 0 Å². The Kier molecular flexibility index (Phi) is 4.34. The van der Waals surface area contributed by atoms with Crippen molar-refractivity contribution in [3.8, 4) is 0 Å². The minimum atomic E-state index is -0.227. The zero-order valence-corrected chi connectivity index (χ0v) is 8.05. The van der Waals surface area contributed by atoms with Gasteiger partial charge in [0.05, 0.1) is 0 Å². The van der Waals surface area contributed by atoms with Gasteiger partial charge in [0.25, 0.3) is 0 Å². The molecule has 11 heavy (non-hydrogen) atoms. The lowest BCUT2D eigenvalue weighted by atomic mass is 9.96. The van der Waals surface area contributed by atoms with E-state index in [9.17, 15) is 4.79 Å². The average Bonchev–Trinajstić information content (AvgIpc) is 1.88. The van der Waals surface area contributed by atoms with E-state index < -0.39 is 0 Å². The van der Waals surface area contributed by atoms with Crippen LogP contribution in [0.5, 0.6) is 0 Å². The average molecular weight is 158 g/mol. The molecule has 0 bridgehead atoms. The van der Waals surface area contributed by atoms with Crippen LogP contribution in [0.4, 0.5) is 0 Å². The standard InChI is InChI=1S/C9H18O2/c1-6(2)8(10)9(11-5)7(3)4/h6-7,9H,1-5H3/t9-/m0/s1. The van der Waals surface area contributed by atoms with Crippen LogP contribution in [0.25, 0.3) is 0 Å². The number of hydrogen-bond acceptors (Lipinski definition) is 2. The van der Waals surface area contributed by atoms with E-state index in [2.05, 4.69) is 0 Å². The molecule has 2 heteroatoms. The molecule has 0 N–H and O–H groups in total. The summed E-state index contributed by atoms with van der Waals surface area (Å²) in [7, 11) is 1.59. The Balaban J connectivity index is 4.15. The van der Waals surface area contributed by atoms with Gasteiger partial charge in [-0.2, -0.15) is 0 Å². The second-order valence-electron chi connectivity index (χ2n) is 3.46. The van der Waals surface area contributed by atoms with Gasteiger partial charge in [0.15, 0.2) is 5.78 Å². The van der Waals surface area contributed by atoms with Crippen LogP contribution in [0.3, 0.4) is 0 Å². The van der Waals surface area contributed by atoms with Gasteiger partial charge in [0.2, 0.25) is 0 Å². The third kappa shape index (κ3) is 3.02. The lowest BCUT2D eigenvalue weighted by Gasteiger charge is -2.19. The Morgan fingerprint density at radius 1 is 1.18 bits per heavy atom. The van der Waals surface area contributed by atoms with Gasteiger partial charge >= 0.3 is 0 Å². The van der Waals surface area contributed by atoms with Crippen LogP contribution in [0.1, 0.15) is 27.7 Å². The van der Waals surface area contributed by atoms with Crippen LogP contribution in [0, 0.1) is 11.8 Å². The molecule has 0 spiro atoms. The summed E-state index contributed by atoms with van der Waals surface area (Å²) in [6.07, 6.45) is -0.227. The summed E-state index contributed by atoms with van der Waals surface area (Å²) in [5.41, 5.74) is 0. The van der Waals surface area contributed by atoms with Gasteiger partial charge < -0.3 is 4.74 Å². The number of Topliss-reactive ketones (excluding diaryl/α,β-unsaturated/α-hetero) is 1. The van der Waals surface area contributed by atoms with E-state index in [4.69, 9.17) is 4.74 Å². The number of hydrogen-bond donors (Lipinski definition) is 0. The maximum atomic E-state index is 11.4. The van der Waals surface area contributed by atoms with Crippen molar-refractivity contribution in [2.45, 2.75) is 33.8 Å². The number of rotatable bonds is 4. The minimum Gasteiger partial charge on any atom is -0.373 e. The van der Waals surface area contributed by atoms with Crippen molar-refractivity contribution in [2.24, 2.45) is 11.8 Å². The topological polar surface area (TPSA) is 26.3 Å². The summed E-state index contributed by atoms with van der Waals surface area (Å²) in [6, 6.07) is 0. The van der Waals surface area contributed by atoms with E-state index in [0.717, 1.165) is 0 Å². The fourth-order valence-electron chi connectivity index (χ4n) is 1.05. The molecular weight excluding hydrogens is 140 g/mol. The van der Waals surface area contributed by atoms with Crippen molar-refractivity contribution in [1.29, 1.82) is 0 Å². The van der Waals surface area contributed by atoms with Crippen LogP contribution in [0.2, 0.25) is 0 Å². The molecule has 0 aliphatic carbocycles. The van der Waals surface area contributed by atoms with E-state index in [-0.39, 0.29) is 23.7 Å². The predicted molar refractivity (Wildman–Crippen MR) is 45.5 cm³/mol. The molecule has 0 rings (SSSR count). The molecule has 0 saturated heterocycles. The highest BCUT2D eigenvalue weighted by molar-refractivity contribution is 5.85. The Labute approximate surface area is 68.9 Å². The Morgan fingerprint density at radius 3 is 1.73 bits per heavy atom. The van der Waals surface area contributed by atoms with Gasteiger partial charge in [-0.1, -0.05) is 27.7 Å². The molecule has 0 fully saturated rings. The molecular formula is C9H18O2. The number of ketones is 1. The minimum absolute atomic E-state index is 0.0716. The quantitative estimate of drug-likeness (QED) is 0.624. The molecule has 0 aliphatic rings. The highest BCUT2D eigenvalue weighted by Gasteiger charge is 2.23. The van der Waals surface area contributed by atoms with Crippen LogP contribution in [-0.2, 0) is 9.53 Å². The van der Waals surface area contributed by atoms with Gasteiger partial charge in [-0.3, -0.25) is 4.79 Å². The molecule has 66 valence electrons. The largest absolute Gasteiger partial charge is 0.373 e. The van der Waals surface area contributed by atoms with E-state index in [1.807, 2.05) is 27.7 Å². The van der Waals surface area contributed by atoms with Crippen molar-refractivity contribution in [3.63, 3.8) is 0 Å². The first-order valence-electron chi connectivity index (χ1n) is 4.07. The van der Waals surface area contributed by atoms with Gasteiger partial charge in [0, 0.05) is 13.0 Å². The second-order valence-corrected chi connectivity index (χ2v) is 3.46. The SMILES string of the molecule is CO[C@H](C(=O)C(C)C)C(C)C. The molecule has 0 unspecified atom stereocenters. The first-order chi connectivity index (χ1) is 5.00. The van der Waals surface area contributed by atoms with Gasteiger partial charge in [-0.15, -0.1) is 0 Å². The highest BCUT2D eigenvalue weighted by Crippen LogP contribution is 2.11. The molecule has 0 heterocycles. The fourth-order valence-corrected chi connectivity index (χ4v) is 1.05. The first kappa shape index (κ1) is 10.6. The molecule has 0 aliphatic heterocycles. The van der Waals surface area contributed by atoms with Crippen molar-refractivity contribution in [2.75, 3.05) is 7.11 Å². The summed E-state index contributed by atoms with van der Waals surface area (Å²) in [6.45, 7) is 7.79. The zero-order chi connectivity index (χ0) is 9.02. The van der Waals surface area contributed by atoms with Crippen molar-refractivity contribution >= 4 is 5.78 Å². The summed E-state index contributed by atoms with van der Waals surface area (Å²) in [4.78, 5) is 11.4. The number of ether oxygens (including phenoxy) is 1. The Morgan fingerprint density at radius 2 is 1.64 bits per heavy atom. The summed E-state index contributed by atoms with van der Waals surface area (Å²) in [5.74, 6) is 0.541. The number of carbonyl (C=O) groups excluding carboxylic acids is 1. The van der Waals surface area contributed by atoms with Gasteiger partial charge in [-0.05, 0) is 5.92 Å². The van der Waals surface area contributed by atoms with E-state index in [0.29, 0.717) is 0 Å². The maximum Gasteiger partial charge on any atom is 0.164 e. The Bertz CT molecular complexity index is 128. The van der Waals surface area contributed by atoms with Crippen molar-refractivity contribution in [1.82, 2.24) is 0 Å². The molecule has 0 amide bonds. The molecule has 1 atom stereocenters. The smallest absolute Gasteiger partial charge is 0.164 e. The van der Waals surface area contributed by atoms with Crippen molar-refractivity contribution < 1.29 is 9.53 Å². The number of carbonyl (C=O) groups is 1. The third-order valence-corrected chi connectivity index (χ3v) is 1.71. The zero-order valence-electron chi connectivity index (χ0n) is 8.05. The molecule has 0 aromatic rings. The molecule has 0 aromatic heterocycles. The summed E-state index contributed by atoms with van der Waals surface area (Å²) < 4.78 is 5.09. The Hall–Kier alpha value is -0.370. The van der Waals surface area contributed by atoms with Crippen LogP contribution in [-0.4, -0.2) is 19.0 Å². The normalized spacial score (nSPS) is 14.1. The van der Waals surface area contributed by atoms with Gasteiger partial charge in [0.1, 0.15) is 6.10 Å². The van der Waals surface area contributed by atoms with Crippen molar-refractivity contribution in [3.05, 3.63) is 0 Å². The summed E-state index contributed by atoms with van der Waals surface area (Å²) in [5, 5.41) is 0. The predicted octanol–water partition coefficient (Wildman–Crippen LogP) is 1.88. The van der Waals surface area contributed by atoms with Crippen LogP contribution >= 0.6 is 0 Å². The molecule has 0 aromatic carbocycles. The summed E-state index contributed by atoms with van der Waals surface area (Å²) >= 11 is 0. The van der Waals surface area contributed by atoms with Crippen LogP contribution < -0.4 is 0 Å². The van der Waals surface area contributed by atoms with E-state index >= 15 is 0 Å². The lowest BCUT2D eigenvalue weighted by molar-refractivity contribution is -0.134. The number of methoxy groups -OCH3 is 1. The lowest BCUT2D eigenvalue weighted by Crippen LogP contribution is -2.31. The van der Waals surface area contributed by atoms with E-state index in [1.54, 1.807) is 7.11 Å². The van der Waals surface area contributed by atoms with Gasteiger partial charge in [-0.25, -0.2) is 0 Å². The van der Waals surface area contributed by atoms with Crippen LogP contribution in [0.15, 0.2) is 0 Å². The molecule has 0 saturated carbocycles. The third-order valence-electron chi connectivity index (χ3n) is 1.71. The second kappa shape index (κ2) is 4.50. The maximum absolute atomic E-state index is 11.4. The molecule has 0 radical (unpaired) electrons. The molecule has 2 nitrogen and oxygen atoms in total. The highest BCUT2D eigenvalue weighted by atomic mass is 16.5. The monoisotopic (exact) mass is 158 g/mol.